The molecule has 1 heterocycles. The van der Waals surface area contributed by atoms with Crippen LogP contribution in [0.5, 0.6) is 5.75 Å². The molecule has 0 spiro atoms. The van der Waals surface area contributed by atoms with E-state index >= 15 is 0 Å². The van der Waals surface area contributed by atoms with Crippen molar-refractivity contribution in [3.05, 3.63) is 47.5 Å². The number of thioether (sulfide) groups is 1. The number of aromatic nitrogens is 1. The molecule has 0 bridgehead atoms. The topological polar surface area (TPSA) is 45.7 Å². The fourth-order valence-electron chi connectivity index (χ4n) is 2.82. The van der Waals surface area contributed by atoms with Crippen LogP contribution < -0.4 is 9.64 Å². The maximum atomic E-state index is 13.1. The molecule has 0 aliphatic rings. The van der Waals surface area contributed by atoms with Crippen molar-refractivity contribution in [3.63, 3.8) is 0 Å². The Kier molecular flexibility index (Phi) is 9.71. The molecule has 0 atom stereocenters. The molecule has 3 rings (SSSR count). The van der Waals surface area contributed by atoms with Gasteiger partial charge in [-0.05, 0) is 63.5 Å². The van der Waals surface area contributed by atoms with Crippen LogP contribution in [0.1, 0.15) is 6.42 Å². The molecular formula is C21H25Cl2N3O2S2. The van der Waals surface area contributed by atoms with Gasteiger partial charge < -0.3 is 9.64 Å². The maximum absolute atomic E-state index is 13.1. The van der Waals surface area contributed by atoms with E-state index in [-0.39, 0.29) is 18.3 Å². The summed E-state index contributed by atoms with van der Waals surface area (Å²) in [6.07, 6.45) is 0.872. The zero-order chi connectivity index (χ0) is 20.8. The normalized spacial score (nSPS) is 10.8. The summed E-state index contributed by atoms with van der Waals surface area (Å²) in [6.45, 7) is 1.53. The van der Waals surface area contributed by atoms with Crippen molar-refractivity contribution in [2.45, 2.75) is 11.3 Å². The zero-order valence-corrected chi connectivity index (χ0v) is 20.3. The summed E-state index contributed by atoms with van der Waals surface area (Å²) in [5.41, 5.74) is 0.797. The number of benzene rings is 2. The maximum Gasteiger partial charge on any atom is 0.239 e. The Balaban J connectivity index is 0.00000320. The van der Waals surface area contributed by atoms with Gasteiger partial charge in [-0.15, -0.1) is 24.2 Å². The number of ether oxygens (including phenoxy) is 1. The van der Waals surface area contributed by atoms with Crippen LogP contribution in [0.2, 0.25) is 5.02 Å². The minimum Gasteiger partial charge on any atom is -0.494 e. The number of hydrogen-bond donors (Lipinski definition) is 0. The minimum atomic E-state index is 0. The van der Waals surface area contributed by atoms with Crippen molar-refractivity contribution in [3.8, 4) is 5.75 Å². The third-order valence-electron chi connectivity index (χ3n) is 4.29. The van der Waals surface area contributed by atoms with Gasteiger partial charge in [0.25, 0.3) is 0 Å². The minimum absolute atomic E-state index is 0. The SMILES string of the molecule is COc1cccc2sc(N(CCCN(C)C)C(=O)CSc3ccc(Cl)cc3)nc12.Cl. The molecule has 5 nitrogen and oxygen atoms in total. The number of carbonyl (C=O) groups excluding carboxylic acids is 1. The Labute approximate surface area is 196 Å². The van der Waals surface area contributed by atoms with Crippen molar-refractivity contribution < 1.29 is 9.53 Å². The van der Waals surface area contributed by atoms with Crippen LogP contribution in [-0.2, 0) is 4.79 Å². The van der Waals surface area contributed by atoms with Gasteiger partial charge in [-0.1, -0.05) is 29.0 Å². The van der Waals surface area contributed by atoms with Crippen LogP contribution in [0.25, 0.3) is 10.2 Å². The molecule has 0 saturated heterocycles. The molecule has 2 aromatic carbocycles. The standard InChI is InChI=1S/C21H24ClN3O2S2.ClH/c1-24(2)12-5-13-25(19(26)14-28-16-10-8-15(22)9-11-16)21-23-20-17(27-3)6-4-7-18(20)29-21;/h4,6-11H,5,12-14H2,1-3H3;1H. The molecule has 0 aliphatic heterocycles. The molecule has 1 aromatic heterocycles. The van der Waals surface area contributed by atoms with Crippen LogP contribution in [-0.4, -0.2) is 55.8 Å². The molecule has 0 aliphatic carbocycles. The van der Waals surface area contributed by atoms with Crippen molar-refractivity contribution >= 4 is 68.4 Å². The van der Waals surface area contributed by atoms with Gasteiger partial charge >= 0.3 is 0 Å². The van der Waals surface area contributed by atoms with Gasteiger partial charge in [0.1, 0.15) is 11.3 Å². The Morgan fingerprint density at radius 1 is 1.17 bits per heavy atom. The Morgan fingerprint density at radius 3 is 2.57 bits per heavy atom. The van der Waals surface area contributed by atoms with Crippen LogP contribution >= 0.6 is 47.1 Å². The van der Waals surface area contributed by atoms with E-state index in [0.29, 0.717) is 22.5 Å². The summed E-state index contributed by atoms with van der Waals surface area (Å²) in [7, 11) is 5.70. The second kappa shape index (κ2) is 11.8. The smallest absolute Gasteiger partial charge is 0.239 e. The molecule has 9 heteroatoms. The van der Waals surface area contributed by atoms with Crippen LogP contribution in [0, 0.1) is 0 Å². The highest BCUT2D eigenvalue weighted by molar-refractivity contribution is 8.00. The quantitative estimate of drug-likeness (QED) is 0.376. The predicted molar refractivity (Wildman–Crippen MR) is 131 cm³/mol. The summed E-state index contributed by atoms with van der Waals surface area (Å²) in [6, 6.07) is 13.4. The fraction of sp³-hybridized carbons (Fsp3) is 0.333. The number of fused-ring (bicyclic) bond motifs is 1. The number of anilines is 1. The van der Waals surface area contributed by atoms with Crippen molar-refractivity contribution in [1.29, 1.82) is 0 Å². The van der Waals surface area contributed by atoms with Gasteiger partial charge in [-0.3, -0.25) is 9.69 Å². The van der Waals surface area contributed by atoms with E-state index in [1.54, 1.807) is 12.0 Å². The van der Waals surface area contributed by atoms with Gasteiger partial charge in [0.15, 0.2) is 5.13 Å². The Bertz CT molecular complexity index is 965. The third kappa shape index (κ3) is 6.49. The van der Waals surface area contributed by atoms with Gasteiger partial charge in [0.05, 0.1) is 17.6 Å². The number of carbonyl (C=O) groups is 1. The van der Waals surface area contributed by atoms with Gasteiger partial charge in [0, 0.05) is 16.5 Å². The Hall–Kier alpha value is -1.51. The van der Waals surface area contributed by atoms with Crippen molar-refractivity contribution in [2.75, 3.05) is 44.9 Å². The van der Waals surface area contributed by atoms with E-state index in [4.69, 9.17) is 21.3 Å². The number of hydrogen-bond acceptors (Lipinski definition) is 6. The number of nitrogens with zero attached hydrogens (tertiary/aromatic N) is 3. The number of rotatable bonds is 9. The van der Waals surface area contributed by atoms with Gasteiger partial charge in [-0.2, -0.15) is 0 Å². The van der Waals surface area contributed by atoms with E-state index in [0.717, 1.165) is 33.8 Å². The van der Waals surface area contributed by atoms with E-state index in [9.17, 15) is 4.79 Å². The lowest BCUT2D eigenvalue weighted by Crippen LogP contribution is -2.34. The number of halogens is 2. The monoisotopic (exact) mass is 485 g/mol. The second-order valence-corrected chi connectivity index (χ2v) is 9.24. The highest BCUT2D eigenvalue weighted by Gasteiger charge is 2.21. The summed E-state index contributed by atoms with van der Waals surface area (Å²) in [5, 5.41) is 1.40. The molecule has 3 aromatic rings. The number of para-hydroxylation sites is 1. The predicted octanol–water partition coefficient (Wildman–Crippen LogP) is 5.46. The molecule has 0 saturated carbocycles. The first-order valence-electron chi connectivity index (χ1n) is 9.25. The number of thiazole rings is 1. The van der Waals surface area contributed by atoms with Gasteiger partial charge in [-0.25, -0.2) is 4.98 Å². The summed E-state index contributed by atoms with van der Waals surface area (Å²) in [5.74, 6) is 1.11. The largest absolute Gasteiger partial charge is 0.494 e. The third-order valence-corrected chi connectivity index (χ3v) is 6.58. The van der Waals surface area contributed by atoms with Gasteiger partial charge in [0.2, 0.25) is 5.91 Å². The lowest BCUT2D eigenvalue weighted by atomic mass is 10.3. The highest BCUT2D eigenvalue weighted by Crippen LogP contribution is 2.34. The first-order valence-corrected chi connectivity index (χ1v) is 11.4. The Morgan fingerprint density at radius 2 is 1.90 bits per heavy atom. The average Bonchev–Trinajstić information content (AvgIpc) is 3.14. The van der Waals surface area contributed by atoms with E-state index < -0.39 is 0 Å². The van der Waals surface area contributed by atoms with Crippen LogP contribution in [0.4, 0.5) is 5.13 Å². The summed E-state index contributed by atoms with van der Waals surface area (Å²) in [4.78, 5) is 22.8. The lowest BCUT2D eigenvalue weighted by Gasteiger charge is -2.21. The molecule has 0 radical (unpaired) electrons. The fourth-order valence-corrected chi connectivity index (χ4v) is 4.74. The second-order valence-electron chi connectivity index (χ2n) is 6.75. The van der Waals surface area contributed by atoms with Crippen molar-refractivity contribution in [1.82, 2.24) is 9.88 Å². The molecule has 162 valence electrons. The van der Waals surface area contributed by atoms with Crippen molar-refractivity contribution in [2.24, 2.45) is 0 Å². The lowest BCUT2D eigenvalue weighted by molar-refractivity contribution is -0.116. The molecule has 0 fully saturated rings. The molecule has 1 amide bonds. The first kappa shape index (κ1) is 24.8. The average molecular weight is 486 g/mol. The van der Waals surface area contributed by atoms with E-state index in [2.05, 4.69) is 4.90 Å². The zero-order valence-electron chi connectivity index (χ0n) is 17.1. The summed E-state index contributed by atoms with van der Waals surface area (Å²) < 4.78 is 6.44. The molecular weight excluding hydrogens is 461 g/mol. The summed E-state index contributed by atoms with van der Waals surface area (Å²) >= 11 is 8.97. The first-order chi connectivity index (χ1) is 14.0. The highest BCUT2D eigenvalue weighted by atomic mass is 35.5. The molecule has 0 unspecified atom stereocenters. The van der Waals surface area contributed by atoms with Crippen LogP contribution in [0.3, 0.4) is 0 Å². The molecule has 0 N–H and O–H groups in total. The van der Waals surface area contributed by atoms with Crippen LogP contribution in [0.15, 0.2) is 47.4 Å². The number of methoxy groups -OCH3 is 1. The molecule has 30 heavy (non-hydrogen) atoms. The number of amides is 1. The van der Waals surface area contributed by atoms with E-state index in [1.807, 2.05) is 56.6 Å². The van der Waals surface area contributed by atoms with E-state index in [1.165, 1.54) is 23.1 Å².